The van der Waals surface area contributed by atoms with E-state index in [0.717, 1.165) is 6.42 Å². The van der Waals surface area contributed by atoms with E-state index in [0.29, 0.717) is 24.4 Å². The van der Waals surface area contributed by atoms with Crippen LogP contribution in [0.5, 0.6) is 5.75 Å². The molecule has 130 valence electrons. The maximum atomic E-state index is 12.6. The molecule has 5 heteroatoms. The molecule has 3 rings (SSSR count). The van der Waals surface area contributed by atoms with E-state index in [9.17, 15) is 9.59 Å². The predicted molar refractivity (Wildman–Crippen MR) is 96.7 cm³/mol. The van der Waals surface area contributed by atoms with Crippen molar-refractivity contribution in [2.45, 2.75) is 25.9 Å². The van der Waals surface area contributed by atoms with E-state index in [2.05, 4.69) is 5.32 Å². The second-order valence-corrected chi connectivity index (χ2v) is 5.99. The molecule has 1 heterocycles. The van der Waals surface area contributed by atoms with Crippen LogP contribution >= 0.6 is 0 Å². The van der Waals surface area contributed by atoms with Crippen LogP contribution in [-0.2, 0) is 16.0 Å². The topological polar surface area (TPSA) is 58.6 Å². The van der Waals surface area contributed by atoms with Gasteiger partial charge in [-0.25, -0.2) is 0 Å². The normalized spacial score (nSPS) is 16.1. The van der Waals surface area contributed by atoms with E-state index in [1.807, 2.05) is 55.5 Å². The van der Waals surface area contributed by atoms with Crippen molar-refractivity contribution in [3.05, 3.63) is 60.2 Å². The predicted octanol–water partition coefficient (Wildman–Crippen LogP) is 2.55. The Labute approximate surface area is 147 Å². The van der Waals surface area contributed by atoms with Crippen LogP contribution in [0.1, 0.15) is 18.9 Å². The van der Waals surface area contributed by atoms with Crippen LogP contribution in [0.4, 0.5) is 5.69 Å². The number of fused-ring (bicyclic) bond motifs is 1. The minimum Gasteiger partial charge on any atom is -0.478 e. The summed E-state index contributed by atoms with van der Waals surface area (Å²) in [6, 6.07) is 17.3. The third-order valence-corrected chi connectivity index (χ3v) is 4.22. The molecule has 25 heavy (non-hydrogen) atoms. The van der Waals surface area contributed by atoms with Gasteiger partial charge in [-0.05, 0) is 30.5 Å². The number of carbonyl (C=O) groups is 2. The van der Waals surface area contributed by atoms with Crippen molar-refractivity contribution in [3.8, 4) is 5.75 Å². The summed E-state index contributed by atoms with van der Waals surface area (Å²) in [5.41, 5.74) is 1.82. The average Bonchev–Trinajstić information content (AvgIpc) is 2.64. The maximum absolute atomic E-state index is 12.6. The van der Waals surface area contributed by atoms with E-state index in [4.69, 9.17) is 4.74 Å². The molecule has 5 nitrogen and oxygen atoms in total. The third kappa shape index (κ3) is 3.99. The lowest BCUT2D eigenvalue weighted by Crippen LogP contribution is -2.49. The van der Waals surface area contributed by atoms with Gasteiger partial charge in [0.05, 0.1) is 5.69 Å². The van der Waals surface area contributed by atoms with Crippen molar-refractivity contribution in [1.82, 2.24) is 5.32 Å². The lowest BCUT2D eigenvalue weighted by molar-refractivity contribution is -0.129. The fourth-order valence-electron chi connectivity index (χ4n) is 2.89. The molecule has 0 fully saturated rings. The van der Waals surface area contributed by atoms with Crippen LogP contribution in [0.3, 0.4) is 0 Å². The minimum absolute atomic E-state index is 0.00446. The van der Waals surface area contributed by atoms with Gasteiger partial charge in [-0.2, -0.15) is 0 Å². The molecule has 0 aliphatic carbocycles. The van der Waals surface area contributed by atoms with Crippen molar-refractivity contribution in [2.24, 2.45) is 0 Å². The van der Waals surface area contributed by atoms with Gasteiger partial charge in [0, 0.05) is 6.54 Å². The van der Waals surface area contributed by atoms with Gasteiger partial charge in [0.1, 0.15) is 12.3 Å². The summed E-state index contributed by atoms with van der Waals surface area (Å²) < 4.78 is 5.72. The molecule has 0 saturated heterocycles. The molecule has 0 spiro atoms. The number of hydrogen-bond donors (Lipinski definition) is 1. The number of para-hydroxylation sites is 2. The fourth-order valence-corrected chi connectivity index (χ4v) is 2.89. The number of ether oxygens (including phenoxy) is 1. The van der Waals surface area contributed by atoms with Crippen LogP contribution in [-0.4, -0.2) is 31.0 Å². The smallest absolute Gasteiger partial charge is 0.268 e. The second-order valence-electron chi connectivity index (χ2n) is 5.99. The SMILES string of the molecule is CCC1Oc2ccccc2N(CC(=O)NCCc2ccccc2)C1=O. The van der Waals surface area contributed by atoms with Gasteiger partial charge in [0.2, 0.25) is 5.91 Å². The van der Waals surface area contributed by atoms with Gasteiger partial charge in [-0.15, -0.1) is 0 Å². The van der Waals surface area contributed by atoms with Gasteiger partial charge in [0.25, 0.3) is 5.91 Å². The summed E-state index contributed by atoms with van der Waals surface area (Å²) >= 11 is 0. The van der Waals surface area contributed by atoms with Gasteiger partial charge in [-0.1, -0.05) is 49.4 Å². The monoisotopic (exact) mass is 338 g/mol. The Balaban J connectivity index is 1.62. The van der Waals surface area contributed by atoms with Gasteiger partial charge < -0.3 is 10.1 Å². The van der Waals surface area contributed by atoms with Crippen molar-refractivity contribution in [3.63, 3.8) is 0 Å². The number of nitrogens with one attached hydrogen (secondary N) is 1. The lowest BCUT2D eigenvalue weighted by atomic mass is 10.1. The highest BCUT2D eigenvalue weighted by Gasteiger charge is 2.34. The van der Waals surface area contributed by atoms with E-state index in [1.54, 1.807) is 6.07 Å². The number of nitrogens with zero attached hydrogens (tertiary/aromatic N) is 1. The Morgan fingerprint density at radius 1 is 1.12 bits per heavy atom. The molecule has 2 aromatic carbocycles. The molecule has 1 aliphatic rings. The first kappa shape index (κ1) is 17.0. The van der Waals surface area contributed by atoms with Gasteiger partial charge in [0.15, 0.2) is 6.10 Å². The Kier molecular flexibility index (Phi) is 5.33. The molecule has 2 amide bonds. The number of carbonyl (C=O) groups excluding carboxylic acids is 2. The zero-order valence-corrected chi connectivity index (χ0v) is 14.3. The van der Waals surface area contributed by atoms with E-state index in [-0.39, 0.29) is 18.4 Å². The summed E-state index contributed by atoms with van der Waals surface area (Å²) in [6.07, 6.45) is 0.795. The summed E-state index contributed by atoms with van der Waals surface area (Å²) in [7, 11) is 0. The number of amides is 2. The maximum Gasteiger partial charge on any atom is 0.268 e. The van der Waals surface area contributed by atoms with Crippen molar-refractivity contribution >= 4 is 17.5 Å². The summed E-state index contributed by atoms with van der Waals surface area (Å²) in [4.78, 5) is 26.4. The second kappa shape index (κ2) is 7.83. The molecule has 0 radical (unpaired) electrons. The molecule has 1 atom stereocenters. The highest BCUT2D eigenvalue weighted by atomic mass is 16.5. The standard InChI is InChI=1S/C20H22N2O3/c1-2-17-20(24)22(16-10-6-7-11-18(16)25-17)14-19(23)21-13-12-15-8-4-3-5-9-15/h3-11,17H,2,12-14H2,1H3,(H,21,23). The molecular weight excluding hydrogens is 316 g/mol. The number of rotatable bonds is 6. The Morgan fingerprint density at radius 3 is 2.60 bits per heavy atom. The Bertz CT molecular complexity index is 746. The Morgan fingerprint density at radius 2 is 1.84 bits per heavy atom. The quantitative estimate of drug-likeness (QED) is 0.881. The van der Waals surface area contributed by atoms with Crippen LogP contribution < -0.4 is 15.0 Å². The highest BCUT2D eigenvalue weighted by molar-refractivity contribution is 6.03. The van der Waals surface area contributed by atoms with Crippen LogP contribution in [0.25, 0.3) is 0 Å². The van der Waals surface area contributed by atoms with Gasteiger partial charge >= 0.3 is 0 Å². The van der Waals surface area contributed by atoms with Gasteiger partial charge in [-0.3, -0.25) is 14.5 Å². The van der Waals surface area contributed by atoms with E-state index >= 15 is 0 Å². The number of benzene rings is 2. The third-order valence-electron chi connectivity index (χ3n) is 4.22. The molecule has 1 aliphatic heterocycles. The van der Waals surface area contributed by atoms with Crippen molar-refractivity contribution in [1.29, 1.82) is 0 Å². The average molecular weight is 338 g/mol. The lowest BCUT2D eigenvalue weighted by Gasteiger charge is -2.33. The van der Waals surface area contributed by atoms with Crippen molar-refractivity contribution < 1.29 is 14.3 Å². The molecule has 0 saturated carbocycles. The molecule has 1 unspecified atom stereocenters. The van der Waals surface area contributed by atoms with E-state index in [1.165, 1.54) is 10.5 Å². The first-order chi connectivity index (χ1) is 12.2. The molecule has 1 N–H and O–H groups in total. The zero-order valence-electron chi connectivity index (χ0n) is 14.3. The summed E-state index contributed by atoms with van der Waals surface area (Å²) in [6.45, 7) is 2.44. The highest BCUT2D eigenvalue weighted by Crippen LogP contribution is 2.34. The minimum atomic E-state index is -0.535. The van der Waals surface area contributed by atoms with Crippen LogP contribution in [0, 0.1) is 0 Å². The zero-order chi connectivity index (χ0) is 17.6. The molecular formula is C20H22N2O3. The first-order valence-electron chi connectivity index (χ1n) is 8.56. The largest absolute Gasteiger partial charge is 0.478 e. The first-order valence-corrected chi connectivity index (χ1v) is 8.56. The summed E-state index contributed by atoms with van der Waals surface area (Å²) in [5, 5.41) is 2.89. The molecule has 2 aromatic rings. The fraction of sp³-hybridized carbons (Fsp3) is 0.300. The number of anilines is 1. The van der Waals surface area contributed by atoms with Crippen molar-refractivity contribution in [2.75, 3.05) is 18.0 Å². The van der Waals surface area contributed by atoms with E-state index < -0.39 is 6.10 Å². The molecule has 0 aromatic heterocycles. The van der Waals surface area contributed by atoms with Crippen LogP contribution in [0.15, 0.2) is 54.6 Å². The molecule has 0 bridgehead atoms. The number of hydrogen-bond acceptors (Lipinski definition) is 3. The Hall–Kier alpha value is -2.82. The van der Waals surface area contributed by atoms with Crippen LogP contribution in [0.2, 0.25) is 0 Å². The summed E-state index contributed by atoms with van der Waals surface area (Å²) in [5.74, 6) is 0.307.